The Morgan fingerprint density at radius 2 is 1.57 bits per heavy atom. The highest BCUT2D eigenvalue weighted by Crippen LogP contribution is 2.41. The zero-order valence-electron chi connectivity index (χ0n) is 16.7. The maximum absolute atomic E-state index is 12.8. The predicted molar refractivity (Wildman–Crippen MR) is 113 cm³/mol. The molecule has 0 aromatic heterocycles. The summed E-state index contributed by atoms with van der Waals surface area (Å²) < 4.78 is 38.5. The molecule has 2 bridgehead atoms. The SMILES string of the molecule is FC(F)(F)c1ccc(-c2ccc3c(c2)CC2CC3CN(Cc3ccccc3)C2)cc1. The number of nitrogens with zero attached hydrogens (tertiary/aromatic N) is 1. The van der Waals surface area contributed by atoms with E-state index >= 15 is 0 Å². The minimum atomic E-state index is -4.29. The molecular formula is C26H24F3N. The Morgan fingerprint density at radius 1 is 0.833 bits per heavy atom. The van der Waals surface area contributed by atoms with Crippen LogP contribution in [-0.4, -0.2) is 18.0 Å². The van der Waals surface area contributed by atoms with Crippen LogP contribution < -0.4 is 0 Å². The number of fused-ring (bicyclic) bond motifs is 4. The summed E-state index contributed by atoms with van der Waals surface area (Å²) >= 11 is 0. The lowest BCUT2D eigenvalue weighted by Crippen LogP contribution is -2.42. The molecule has 1 fully saturated rings. The number of hydrogen-bond acceptors (Lipinski definition) is 1. The first-order chi connectivity index (χ1) is 14.5. The van der Waals surface area contributed by atoms with E-state index in [1.807, 2.05) is 0 Å². The molecule has 5 rings (SSSR count). The number of likely N-dealkylation sites (tertiary alicyclic amines) is 1. The van der Waals surface area contributed by atoms with E-state index < -0.39 is 11.7 Å². The third-order valence-electron chi connectivity index (χ3n) is 6.50. The topological polar surface area (TPSA) is 3.24 Å². The maximum atomic E-state index is 12.8. The Kier molecular flexibility index (Phi) is 4.90. The van der Waals surface area contributed by atoms with E-state index in [2.05, 4.69) is 53.4 Å². The van der Waals surface area contributed by atoms with Crippen molar-refractivity contribution in [3.8, 4) is 11.1 Å². The van der Waals surface area contributed by atoms with Gasteiger partial charge in [0.1, 0.15) is 0 Å². The molecule has 1 heterocycles. The van der Waals surface area contributed by atoms with Crippen LogP contribution in [0.1, 0.15) is 34.6 Å². The van der Waals surface area contributed by atoms with Crippen LogP contribution in [0.5, 0.6) is 0 Å². The minimum absolute atomic E-state index is 0.540. The van der Waals surface area contributed by atoms with Crippen LogP contribution in [-0.2, 0) is 19.1 Å². The average molecular weight is 407 g/mol. The molecule has 3 aromatic carbocycles. The second-order valence-electron chi connectivity index (χ2n) is 8.67. The first-order valence-corrected chi connectivity index (χ1v) is 10.5. The highest BCUT2D eigenvalue weighted by Gasteiger charge is 2.34. The zero-order valence-corrected chi connectivity index (χ0v) is 16.7. The van der Waals surface area contributed by atoms with E-state index in [1.54, 1.807) is 12.1 Å². The van der Waals surface area contributed by atoms with E-state index in [0.29, 0.717) is 11.8 Å². The van der Waals surface area contributed by atoms with Crippen LogP contribution in [0, 0.1) is 5.92 Å². The zero-order chi connectivity index (χ0) is 20.7. The number of piperidine rings is 1. The quantitative estimate of drug-likeness (QED) is 0.477. The van der Waals surface area contributed by atoms with Crippen LogP contribution in [0.25, 0.3) is 11.1 Å². The first kappa shape index (κ1) is 19.4. The molecule has 0 N–H and O–H groups in total. The van der Waals surface area contributed by atoms with Crippen LogP contribution in [0.2, 0.25) is 0 Å². The van der Waals surface area contributed by atoms with Gasteiger partial charge in [0.15, 0.2) is 0 Å². The highest BCUT2D eigenvalue weighted by molar-refractivity contribution is 5.66. The van der Waals surface area contributed by atoms with Crippen LogP contribution in [0.4, 0.5) is 13.2 Å². The van der Waals surface area contributed by atoms with Gasteiger partial charge in [-0.2, -0.15) is 13.2 Å². The number of benzene rings is 3. The Balaban J connectivity index is 1.36. The van der Waals surface area contributed by atoms with E-state index in [4.69, 9.17) is 0 Å². The van der Waals surface area contributed by atoms with Crippen molar-refractivity contribution in [2.45, 2.75) is 31.5 Å². The summed E-state index contributed by atoms with van der Waals surface area (Å²) in [7, 11) is 0. The first-order valence-electron chi connectivity index (χ1n) is 10.5. The molecule has 0 spiro atoms. The average Bonchev–Trinajstić information content (AvgIpc) is 2.73. The number of rotatable bonds is 3. The molecule has 1 nitrogen and oxygen atoms in total. The molecule has 30 heavy (non-hydrogen) atoms. The van der Waals surface area contributed by atoms with Gasteiger partial charge < -0.3 is 0 Å². The lowest BCUT2D eigenvalue weighted by molar-refractivity contribution is -0.137. The summed E-state index contributed by atoms with van der Waals surface area (Å²) in [5.41, 5.74) is 5.39. The third-order valence-corrected chi connectivity index (χ3v) is 6.50. The van der Waals surface area contributed by atoms with Gasteiger partial charge in [-0.1, -0.05) is 60.7 Å². The molecule has 2 atom stereocenters. The summed E-state index contributed by atoms with van der Waals surface area (Å²) in [6, 6.07) is 22.6. The van der Waals surface area contributed by atoms with Crippen LogP contribution in [0.3, 0.4) is 0 Å². The fourth-order valence-electron chi connectivity index (χ4n) is 5.17. The van der Waals surface area contributed by atoms with Gasteiger partial charge in [0.2, 0.25) is 0 Å². The molecule has 1 aliphatic heterocycles. The van der Waals surface area contributed by atoms with Gasteiger partial charge in [-0.15, -0.1) is 0 Å². The Hall–Kier alpha value is -2.59. The minimum Gasteiger partial charge on any atom is -0.298 e. The fourth-order valence-corrected chi connectivity index (χ4v) is 5.17. The molecule has 4 heteroatoms. The Morgan fingerprint density at radius 3 is 2.30 bits per heavy atom. The Bertz CT molecular complexity index is 1020. The van der Waals surface area contributed by atoms with Gasteiger partial charge in [0.05, 0.1) is 5.56 Å². The monoisotopic (exact) mass is 407 g/mol. The van der Waals surface area contributed by atoms with E-state index in [9.17, 15) is 13.2 Å². The molecule has 0 amide bonds. The van der Waals surface area contributed by atoms with Crippen molar-refractivity contribution >= 4 is 0 Å². The van der Waals surface area contributed by atoms with Crippen molar-refractivity contribution in [1.29, 1.82) is 0 Å². The standard InChI is InChI=1S/C26H24F3N/c27-26(28,29)24-9-6-20(7-10-24)21-8-11-25-22(14-21)12-19-13-23(25)17-30(16-19)15-18-4-2-1-3-5-18/h1-11,14,19,23H,12-13,15-17H2. The van der Waals surface area contributed by atoms with Crippen LogP contribution in [0.15, 0.2) is 72.8 Å². The molecule has 3 aromatic rings. The molecule has 154 valence electrons. The summed E-state index contributed by atoms with van der Waals surface area (Å²) in [5.74, 6) is 1.18. The second kappa shape index (κ2) is 7.59. The molecule has 0 saturated carbocycles. The number of alkyl halides is 3. The van der Waals surface area contributed by atoms with E-state index in [0.717, 1.165) is 37.2 Å². The van der Waals surface area contributed by atoms with Gasteiger partial charge >= 0.3 is 6.18 Å². The van der Waals surface area contributed by atoms with Crippen molar-refractivity contribution in [1.82, 2.24) is 4.90 Å². The predicted octanol–water partition coefficient (Wildman–Crippen LogP) is 6.53. The van der Waals surface area contributed by atoms with Gasteiger partial charge in [0.25, 0.3) is 0 Å². The van der Waals surface area contributed by atoms with Crippen molar-refractivity contribution in [3.05, 3.63) is 95.1 Å². The van der Waals surface area contributed by atoms with Gasteiger partial charge in [0, 0.05) is 19.6 Å². The molecule has 1 aliphatic carbocycles. The molecule has 2 aliphatic rings. The molecular weight excluding hydrogens is 383 g/mol. The van der Waals surface area contributed by atoms with E-state index in [1.165, 1.54) is 35.2 Å². The van der Waals surface area contributed by atoms with Gasteiger partial charge in [-0.25, -0.2) is 0 Å². The second-order valence-corrected chi connectivity index (χ2v) is 8.67. The van der Waals surface area contributed by atoms with Crippen molar-refractivity contribution in [2.75, 3.05) is 13.1 Å². The lowest BCUT2D eigenvalue weighted by atomic mass is 9.73. The van der Waals surface area contributed by atoms with Gasteiger partial charge in [-0.3, -0.25) is 4.90 Å². The summed E-state index contributed by atoms with van der Waals surface area (Å²) in [4.78, 5) is 2.57. The largest absolute Gasteiger partial charge is 0.416 e. The highest BCUT2D eigenvalue weighted by atomic mass is 19.4. The normalized spacial score (nSPS) is 21.3. The molecule has 0 radical (unpaired) electrons. The van der Waals surface area contributed by atoms with E-state index in [-0.39, 0.29) is 0 Å². The summed E-state index contributed by atoms with van der Waals surface area (Å²) in [5, 5.41) is 0. The lowest BCUT2D eigenvalue weighted by Gasteiger charge is -2.42. The smallest absolute Gasteiger partial charge is 0.298 e. The Labute approximate surface area is 175 Å². The maximum Gasteiger partial charge on any atom is 0.416 e. The van der Waals surface area contributed by atoms with Crippen molar-refractivity contribution < 1.29 is 13.2 Å². The molecule has 1 saturated heterocycles. The van der Waals surface area contributed by atoms with Crippen molar-refractivity contribution in [2.24, 2.45) is 5.92 Å². The van der Waals surface area contributed by atoms with Crippen molar-refractivity contribution in [3.63, 3.8) is 0 Å². The number of halogens is 3. The third kappa shape index (κ3) is 3.89. The summed E-state index contributed by atoms with van der Waals surface area (Å²) in [6.45, 7) is 3.17. The summed E-state index contributed by atoms with van der Waals surface area (Å²) in [6.07, 6.45) is -2.01. The van der Waals surface area contributed by atoms with Crippen LogP contribution >= 0.6 is 0 Å². The fraction of sp³-hybridized carbons (Fsp3) is 0.308. The molecule has 2 unspecified atom stereocenters. The number of hydrogen-bond donors (Lipinski definition) is 0. The van der Waals surface area contributed by atoms with Gasteiger partial charge in [-0.05, 0) is 64.6 Å².